The topological polar surface area (TPSA) is 179 Å². The molecule has 1 aliphatic carbocycles. The van der Waals surface area contributed by atoms with Crippen molar-refractivity contribution >= 4 is 40.9 Å². The van der Waals surface area contributed by atoms with E-state index in [1.807, 2.05) is 59.2 Å². The van der Waals surface area contributed by atoms with Gasteiger partial charge in [0.05, 0.1) is 33.0 Å². The molecule has 16 heteroatoms. The zero-order valence-electron chi connectivity index (χ0n) is 39.1. The third kappa shape index (κ3) is 15.3. The number of hydrogen-bond acceptors (Lipinski definition) is 11. The van der Waals surface area contributed by atoms with Crippen LogP contribution in [0.3, 0.4) is 0 Å². The van der Waals surface area contributed by atoms with Gasteiger partial charge in [0.15, 0.2) is 0 Å². The van der Waals surface area contributed by atoms with Gasteiger partial charge in [0, 0.05) is 63.7 Å². The summed E-state index contributed by atoms with van der Waals surface area (Å²) in [5, 5.41) is 12.4. The lowest BCUT2D eigenvalue weighted by atomic mass is 9.98. The normalized spacial score (nSPS) is 12.9. The van der Waals surface area contributed by atoms with Crippen molar-refractivity contribution < 1.29 is 47.7 Å². The molecular weight excluding hydrogens is 833 g/mol. The smallest absolute Gasteiger partial charge is 0.424 e. The lowest BCUT2D eigenvalue weighted by Crippen LogP contribution is -2.48. The zero-order valence-corrected chi connectivity index (χ0v) is 39.1. The quantitative estimate of drug-likeness (QED) is 0.0338. The Balaban J connectivity index is 1.12. The van der Waals surface area contributed by atoms with Gasteiger partial charge >= 0.3 is 18.2 Å². The summed E-state index contributed by atoms with van der Waals surface area (Å²) in [6.45, 7) is 12.9. The maximum atomic E-state index is 13.6. The first kappa shape index (κ1) is 50.0. The molecule has 0 saturated heterocycles. The van der Waals surface area contributed by atoms with Gasteiger partial charge in [-0.25, -0.2) is 19.6 Å². The van der Waals surface area contributed by atoms with Crippen LogP contribution < -0.4 is 16.0 Å². The Morgan fingerprint density at radius 2 is 1.31 bits per heavy atom. The van der Waals surface area contributed by atoms with Crippen LogP contribution in [-0.4, -0.2) is 122 Å². The van der Waals surface area contributed by atoms with E-state index in [4.69, 9.17) is 23.7 Å². The molecule has 0 fully saturated rings. The molecule has 4 aromatic rings. The number of carbonyl (C=O) groups is 5. The number of ether oxygens (including phenoxy) is 5. The number of aryl methyl sites for hydroxylation is 1. The number of aromatic nitrogens is 1. The van der Waals surface area contributed by atoms with E-state index in [9.17, 15) is 24.0 Å². The molecule has 1 aliphatic rings. The van der Waals surface area contributed by atoms with Crippen molar-refractivity contribution in [3.05, 3.63) is 95.7 Å². The van der Waals surface area contributed by atoms with Crippen LogP contribution >= 0.6 is 0 Å². The lowest BCUT2D eigenvalue weighted by molar-refractivity contribution is -0.155. The first-order valence-corrected chi connectivity index (χ1v) is 22.2. The Morgan fingerprint density at radius 1 is 0.723 bits per heavy atom. The Kier molecular flexibility index (Phi) is 17.9. The fourth-order valence-corrected chi connectivity index (χ4v) is 7.46. The fraction of sp³-hybridized carbons (Fsp3) is 0.490. The van der Waals surface area contributed by atoms with Gasteiger partial charge in [-0.05, 0) is 87.7 Å². The second kappa shape index (κ2) is 23.3. The molecule has 0 spiro atoms. The fourth-order valence-electron chi connectivity index (χ4n) is 7.46. The minimum absolute atomic E-state index is 0.0310. The number of para-hydroxylation sites is 1. The van der Waals surface area contributed by atoms with Gasteiger partial charge in [-0.2, -0.15) is 0 Å². The van der Waals surface area contributed by atoms with E-state index in [2.05, 4.69) is 40.2 Å². The molecule has 3 N–H and O–H groups in total. The van der Waals surface area contributed by atoms with Crippen LogP contribution in [0, 0.1) is 0 Å². The van der Waals surface area contributed by atoms with E-state index < -0.39 is 41.3 Å². The number of benzene rings is 3. The molecule has 0 aliphatic heterocycles. The van der Waals surface area contributed by atoms with Crippen molar-refractivity contribution in [2.24, 2.45) is 0 Å². The van der Waals surface area contributed by atoms with E-state index in [1.54, 1.807) is 60.6 Å². The molecular formula is C49H66N6O10. The van der Waals surface area contributed by atoms with Crippen LogP contribution in [0.4, 0.5) is 9.59 Å². The molecule has 0 bridgehead atoms. The van der Waals surface area contributed by atoms with Crippen molar-refractivity contribution in [2.75, 3.05) is 60.2 Å². The summed E-state index contributed by atoms with van der Waals surface area (Å²) in [6, 6.07) is 25.3. The summed E-state index contributed by atoms with van der Waals surface area (Å²) in [5.41, 5.74) is 5.06. The predicted molar refractivity (Wildman–Crippen MR) is 247 cm³/mol. The van der Waals surface area contributed by atoms with Crippen molar-refractivity contribution in [3.63, 3.8) is 0 Å². The summed E-state index contributed by atoms with van der Waals surface area (Å²) in [6.07, 6.45) is -1.03. The van der Waals surface area contributed by atoms with Gasteiger partial charge in [0.25, 0.3) is 0 Å². The standard InChI is InChI=1S/C49H66N6O10/c1-48(2,3)64-44(57)22-21-41(45(58)50-24-27-61-29-30-62-28-25-51-46(59)65-49(4,5)6)52-43(56)23-26-55-35(31-34-15-9-14-20-42(34)55)32-53(7)54(8)47(60)63-33-40-38-18-12-10-16-36(38)37-17-11-13-19-39(37)40/h9-20,31,40-41H,21-30,32-33H2,1-8H3,(H,50,58)(H,51,59)(H,52,56)/t41-/m0/s1. The molecule has 3 aromatic carbocycles. The maximum Gasteiger partial charge on any atom is 0.424 e. The van der Waals surface area contributed by atoms with Crippen LogP contribution in [0.25, 0.3) is 22.0 Å². The van der Waals surface area contributed by atoms with Gasteiger partial charge < -0.3 is 44.2 Å². The SMILES string of the molecule is CN(Cc1cc2ccccc2n1CCC(=O)N[C@@H](CCC(=O)OC(C)(C)C)C(=O)NCCOCCOCCNC(=O)OC(C)(C)C)N(C)C(=O)OCC1c2ccccc2-c2ccccc21. The van der Waals surface area contributed by atoms with E-state index in [0.29, 0.717) is 6.54 Å². The molecule has 0 radical (unpaired) electrons. The number of nitrogens with zero attached hydrogens (tertiary/aromatic N) is 3. The minimum Gasteiger partial charge on any atom is -0.460 e. The van der Waals surface area contributed by atoms with Gasteiger partial charge in [0.2, 0.25) is 11.8 Å². The Morgan fingerprint density at radius 3 is 1.94 bits per heavy atom. The van der Waals surface area contributed by atoms with E-state index in [1.165, 1.54) is 5.01 Å². The van der Waals surface area contributed by atoms with E-state index >= 15 is 0 Å². The molecule has 0 unspecified atom stereocenters. The third-order valence-electron chi connectivity index (χ3n) is 10.5. The second-order valence-corrected chi connectivity index (χ2v) is 17.9. The van der Waals surface area contributed by atoms with Crippen LogP contribution in [-0.2, 0) is 51.2 Å². The predicted octanol–water partition coefficient (Wildman–Crippen LogP) is 6.54. The van der Waals surface area contributed by atoms with Gasteiger partial charge in [-0.1, -0.05) is 66.7 Å². The number of amides is 4. The highest BCUT2D eigenvalue weighted by Crippen LogP contribution is 2.44. The molecule has 1 aromatic heterocycles. The number of alkyl carbamates (subject to hydrolysis) is 1. The van der Waals surface area contributed by atoms with E-state index in [0.717, 1.165) is 38.9 Å². The Hall–Kier alpha value is -5.97. The monoisotopic (exact) mass is 898 g/mol. The number of carbonyl (C=O) groups excluding carboxylic acids is 5. The number of rotatable bonds is 22. The van der Waals surface area contributed by atoms with Crippen molar-refractivity contribution in [2.45, 2.75) is 97.1 Å². The average Bonchev–Trinajstić information content (AvgIpc) is 3.76. The van der Waals surface area contributed by atoms with Gasteiger partial charge in [-0.15, -0.1) is 0 Å². The first-order chi connectivity index (χ1) is 30.9. The van der Waals surface area contributed by atoms with Crippen LogP contribution in [0.1, 0.15) is 83.5 Å². The molecule has 0 saturated carbocycles. The first-order valence-electron chi connectivity index (χ1n) is 22.2. The minimum atomic E-state index is -1.01. The lowest BCUT2D eigenvalue weighted by Gasteiger charge is -2.28. The summed E-state index contributed by atoms with van der Waals surface area (Å²) < 4.78 is 29.6. The highest BCUT2D eigenvalue weighted by molar-refractivity contribution is 5.88. The number of fused-ring (bicyclic) bond motifs is 4. The molecule has 352 valence electrons. The summed E-state index contributed by atoms with van der Waals surface area (Å²) in [7, 11) is 3.47. The number of esters is 1. The molecule has 4 amide bonds. The van der Waals surface area contributed by atoms with Crippen molar-refractivity contribution in [1.82, 2.24) is 30.5 Å². The summed E-state index contributed by atoms with van der Waals surface area (Å²) in [5.74, 6) is -1.39. The van der Waals surface area contributed by atoms with Gasteiger partial charge in [-0.3, -0.25) is 14.4 Å². The van der Waals surface area contributed by atoms with Crippen molar-refractivity contribution in [3.8, 4) is 11.1 Å². The maximum absolute atomic E-state index is 13.6. The van der Waals surface area contributed by atoms with Crippen LogP contribution in [0.15, 0.2) is 78.9 Å². The average molecular weight is 899 g/mol. The molecule has 1 heterocycles. The summed E-state index contributed by atoms with van der Waals surface area (Å²) >= 11 is 0. The molecule has 65 heavy (non-hydrogen) atoms. The second-order valence-electron chi connectivity index (χ2n) is 17.9. The molecule has 5 rings (SSSR count). The summed E-state index contributed by atoms with van der Waals surface area (Å²) in [4.78, 5) is 64.8. The van der Waals surface area contributed by atoms with Crippen molar-refractivity contribution in [1.29, 1.82) is 0 Å². The molecule has 16 nitrogen and oxygen atoms in total. The van der Waals surface area contributed by atoms with E-state index in [-0.39, 0.29) is 83.8 Å². The highest BCUT2D eigenvalue weighted by atomic mass is 16.6. The zero-order chi connectivity index (χ0) is 47.1. The number of hydrazine groups is 1. The highest BCUT2D eigenvalue weighted by Gasteiger charge is 2.30. The Labute approximate surface area is 382 Å². The number of hydrogen-bond donors (Lipinski definition) is 3. The van der Waals surface area contributed by atoms with Crippen LogP contribution in [0.2, 0.25) is 0 Å². The van der Waals surface area contributed by atoms with Crippen LogP contribution in [0.5, 0.6) is 0 Å². The number of nitrogens with one attached hydrogen (secondary N) is 3. The van der Waals surface area contributed by atoms with Gasteiger partial charge in [0.1, 0.15) is 23.9 Å². The third-order valence-corrected chi connectivity index (χ3v) is 10.5. The molecule has 1 atom stereocenters. The largest absolute Gasteiger partial charge is 0.460 e. The Bertz CT molecular complexity index is 2200.